The first-order valence-electron chi connectivity index (χ1n) is 16.0. The summed E-state index contributed by atoms with van der Waals surface area (Å²) in [5, 5.41) is 2.80. The third-order valence-electron chi connectivity index (χ3n) is 7.71. The maximum atomic E-state index is 12.9. The fourth-order valence-corrected chi connectivity index (χ4v) is 6.08. The molecule has 0 aliphatic carbocycles. The van der Waals surface area contributed by atoms with Crippen LogP contribution in [0.3, 0.4) is 0 Å². The molecule has 0 saturated carbocycles. The Balaban J connectivity index is 0.00000645. The highest BCUT2D eigenvalue weighted by atomic mass is 79.9. The van der Waals surface area contributed by atoms with Crippen LogP contribution < -0.4 is 19.7 Å². The highest BCUT2D eigenvalue weighted by Crippen LogP contribution is 2.31. The summed E-state index contributed by atoms with van der Waals surface area (Å²) in [5.41, 5.74) is 3.02. The molecule has 0 saturated heterocycles. The Hall–Kier alpha value is -2.32. The number of allylic oxidation sites excluding steroid dienone is 1. The van der Waals surface area contributed by atoms with Crippen LogP contribution in [0.15, 0.2) is 53.6 Å². The van der Waals surface area contributed by atoms with Crippen LogP contribution in [0.5, 0.6) is 11.5 Å². The number of unbranched alkanes of at least 4 members (excludes halogenated alkanes) is 11. The molecular formula is C35H54BrN3O3S. The molecule has 0 atom stereocenters. The Morgan fingerprint density at radius 1 is 0.907 bits per heavy atom. The maximum Gasteiger partial charge on any atom is 0.321 e. The van der Waals surface area contributed by atoms with Crippen LogP contribution in [0.2, 0.25) is 0 Å². The molecule has 240 valence electrons. The number of benzene rings is 2. The van der Waals surface area contributed by atoms with E-state index in [1.54, 1.807) is 19.1 Å². The molecule has 0 spiro atoms. The number of rotatable bonds is 20. The van der Waals surface area contributed by atoms with Crippen LogP contribution in [-0.2, 0) is 13.1 Å². The molecule has 0 radical (unpaired) electrons. The summed E-state index contributed by atoms with van der Waals surface area (Å²) in [6.45, 7) is 6.35. The number of ether oxygens (including phenoxy) is 2. The lowest BCUT2D eigenvalue weighted by molar-refractivity contribution is 0.248. The van der Waals surface area contributed by atoms with Crippen LogP contribution in [0, 0.1) is 0 Å². The second kappa shape index (κ2) is 21.4. The summed E-state index contributed by atoms with van der Waals surface area (Å²) in [6.07, 6.45) is 18.1. The van der Waals surface area contributed by atoms with Crippen molar-refractivity contribution < 1.29 is 14.3 Å². The smallest absolute Gasteiger partial charge is 0.321 e. The molecule has 0 bridgehead atoms. The van der Waals surface area contributed by atoms with E-state index in [1.807, 2.05) is 42.1 Å². The van der Waals surface area contributed by atoms with Crippen molar-refractivity contribution in [1.29, 1.82) is 0 Å². The van der Waals surface area contributed by atoms with Crippen molar-refractivity contribution >= 4 is 40.5 Å². The van der Waals surface area contributed by atoms with Crippen molar-refractivity contribution in [3.8, 4) is 11.5 Å². The van der Waals surface area contributed by atoms with Gasteiger partial charge in [0.05, 0.1) is 26.1 Å². The van der Waals surface area contributed by atoms with Crippen LogP contribution in [0.1, 0.15) is 102 Å². The zero-order chi connectivity index (χ0) is 30.0. The Morgan fingerprint density at radius 3 is 2.19 bits per heavy atom. The first-order valence-corrected chi connectivity index (χ1v) is 17.0. The van der Waals surface area contributed by atoms with E-state index < -0.39 is 0 Å². The summed E-state index contributed by atoms with van der Waals surface area (Å²) in [4.78, 5) is 18.3. The molecule has 1 aliphatic heterocycles. The summed E-state index contributed by atoms with van der Waals surface area (Å²) in [6, 6.07) is 14.0. The van der Waals surface area contributed by atoms with Gasteiger partial charge in [0, 0.05) is 25.5 Å². The van der Waals surface area contributed by atoms with Crippen molar-refractivity contribution in [3.05, 3.63) is 64.7 Å². The Morgan fingerprint density at radius 2 is 1.58 bits per heavy atom. The van der Waals surface area contributed by atoms with Gasteiger partial charge in [0.2, 0.25) is 0 Å². The monoisotopic (exact) mass is 675 g/mol. The standard InChI is InChI=1S/C35H53N3O3S.BrH/c1-5-6-7-8-9-10-11-12-13-14-15-16-22-41-33-21-20-31(24-34(33)40-4)27-38(35(39)36-3)32-19-17-18-30(23-32)26-37-25-29(2)42-28-37;/h17-21,23-25H,5-16,22,26-28H2,1-4H3,(H,36,39);1H. The minimum atomic E-state index is -0.147. The van der Waals surface area contributed by atoms with E-state index in [-0.39, 0.29) is 23.0 Å². The molecule has 0 fully saturated rings. The average Bonchev–Trinajstić information content (AvgIpc) is 3.42. The van der Waals surface area contributed by atoms with Gasteiger partial charge >= 0.3 is 6.03 Å². The molecule has 2 amide bonds. The van der Waals surface area contributed by atoms with Crippen molar-refractivity contribution in [2.45, 2.75) is 104 Å². The third kappa shape index (κ3) is 13.5. The number of nitrogens with zero attached hydrogens (tertiary/aromatic N) is 2. The summed E-state index contributed by atoms with van der Waals surface area (Å²) in [5.74, 6) is 2.42. The van der Waals surface area contributed by atoms with Crippen LogP contribution in [0.25, 0.3) is 0 Å². The van der Waals surface area contributed by atoms with Gasteiger partial charge in [-0.25, -0.2) is 4.79 Å². The molecule has 0 aromatic heterocycles. The number of carbonyl (C=O) groups excluding carboxylic acids is 1. The average molecular weight is 677 g/mol. The number of halogens is 1. The summed E-state index contributed by atoms with van der Waals surface area (Å²) >= 11 is 1.85. The van der Waals surface area contributed by atoms with Gasteiger partial charge in [-0.1, -0.05) is 95.8 Å². The number of urea groups is 1. The fourth-order valence-electron chi connectivity index (χ4n) is 5.32. The molecule has 3 rings (SSSR count). The molecule has 2 aromatic rings. The SMILES string of the molecule is Br.CCCCCCCCCCCCCCOc1ccc(CN(C(=O)NC)c2cccc(CN3C=C(C)SC3)c2)cc1OC. The number of methoxy groups -OCH3 is 1. The Labute approximate surface area is 275 Å². The third-order valence-corrected chi connectivity index (χ3v) is 8.74. The van der Waals surface area contributed by atoms with Gasteiger partial charge in [-0.15, -0.1) is 28.7 Å². The van der Waals surface area contributed by atoms with Gasteiger partial charge in [-0.05, 0) is 53.6 Å². The van der Waals surface area contributed by atoms with Crippen molar-refractivity contribution in [1.82, 2.24) is 10.2 Å². The lowest BCUT2D eigenvalue weighted by Crippen LogP contribution is -2.37. The van der Waals surface area contributed by atoms with Gasteiger partial charge in [0.25, 0.3) is 0 Å². The van der Waals surface area contributed by atoms with E-state index in [4.69, 9.17) is 9.47 Å². The highest BCUT2D eigenvalue weighted by Gasteiger charge is 2.18. The van der Waals surface area contributed by atoms with E-state index in [1.165, 1.54) is 81.1 Å². The van der Waals surface area contributed by atoms with Crippen LogP contribution >= 0.6 is 28.7 Å². The molecule has 1 aliphatic rings. The number of carbonyl (C=O) groups is 1. The molecule has 1 heterocycles. The molecule has 1 N–H and O–H groups in total. The van der Waals surface area contributed by atoms with E-state index in [9.17, 15) is 4.79 Å². The van der Waals surface area contributed by atoms with Gasteiger partial charge in [-0.2, -0.15) is 0 Å². The fraction of sp³-hybridized carbons (Fsp3) is 0.571. The van der Waals surface area contributed by atoms with Gasteiger partial charge < -0.3 is 19.7 Å². The predicted molar refractivity (Wildman–Crippen MR) is 189 cm³/mol. The molecule has 8 heteroatoms. The van der Waals surface area contributed by atoms with Gasteiger partial charge in [-0.3, -0.25) is 4.90 Å². The lowest BCUT2D eigenvalue weighted by atomic mass is 10.1. The quantitative estimate of drug-likeness (QED) is 0.142. The molecular weight excluding hydrogens is 622 g/mol. The number of thioether (sulfide) groups is 1. The normalized spacial score (nSPS) is 12.5. The second-order valence-electron chi connectivity index (χ2n) is 11.3. The number of hydrogen-bond acceptors (Lipinski definition) is 5. The molecule has 6 nitrogen and oxygen atoms in total. The summed E-state index contributed by atoms with van der Waals surface area (Å²) in [7, 11) is 3.34. The number of nitrogens with one attached hydrogen (secondary N) is 1. The van der Waals surface area contributed by atoms with Crippen molar-refractivity contribution in [3.63, 3.8) is 0 Å². The molecule has 43 heavy (non-hydrogen) atoms. The van der Waals surface area contributed by atoms with E-state index in [0.717, 1.165) is 35.8 Å². The van der Waals surface area contributed by atoms with Crippen molar-refractivity contribution in [2.24, 2.45) is 0 Å². The van der Waals surface area contributed by atoms with Crippen molar-refractivity contribution in [2.75, 3.05) is 31.5 Å². The van der Waals surface area contributed by atoms with Gasteiger partial charge in [0.1, 0.15) is 0 Å². The molecule has 2 aromatic carbocycles. The van der Waals surface area contributed by atoms with E-state index >= 15 is 0 Å². The minimum Gasteiger partial charge on any atom is -0.493 e. The topological polar surface area (TPSA) is 54.0 Å². The van der Waals surface area contributed by atoms with E-state index in [2.05, 4.69) is 42.4 Å². The van der Waals surface area contributed by atoms with E-state index in [0.29, 0.717) is 18.9 Å². The minimum absolute atomic E-state index is 0. The van der Waals surface area contributed by atoms with Gasteiger partial charge in [0.15, 0.2) is 11.5 Å². The predicted octanol–water partition coefficient (Wildman–Crippen LogP) is 10.1. The largest absolute Gasteiger partial charge is 0.493 e. The lowest BCUT2D eigenvalue weighted by Gasteiger charge is -2.24. The zero-order valence-corrected chi connectivity index (χ0v) is 29.4. The van der Waals surface area contributed by atoms with Crippen LogP contribution in [0.4, 0.5) is 10.5 Å². The Kier molecular flexibility index (Phi) is 18.3. The number of anilines is 1. The second-order valence-corrected chi connectivity index (χ2v) is 12.5. The molecule has 0 unspecified atom stereocenters. The van der Waals surface area contributed by atoms with Crippen LogP contribution in [-0.4, -0.2) is 37.6 Å². The summed E-state index contributed by atoms with van der Waals surface area (Å²) < 4.78 is 11.8. The first-order chi connectivity index (χ1) is 20.5. The number of hydrogen-bond donors (Lipinski definition) is 1. The zero-order valence-electron chi connectivity index (χ0n) is 26.9. The highest BCUT2D eigenvalue weighted by molar-refractivity contribution is 8.93. The number of amides is 2. The first kappa shape index (κ1) is 36.9. The maximum absolute atomic E-state index is 12.9. The Bertz CT molecular complexity index is 1110.